The van der Waals surface area contributed by atoms with Gasteiger partial charge in [-0.15, -0.1) is 0 Å². The Balaban J connectivity index is 1.32. The third-order valence-corrected chi connectivity index (χ3v) is 8.23. The fraction of sp³-hybridized carbons (Fsp3) is 0.647. The van der Waals surface area contributed by atoms with E-state index < -0.39 is 84.0 Å². The van der Waals surface area contributed by atoms with Gasteiger partial charge in [0.25, 0.3) is 0 Å². The first-order valence-electron chi connectivity index (χ1n) is 11.0. The second kappa shape index (κ2) is 11.4. The van der Waals surface area contributed by atoms with E-state index in [1.54, 1.807) is 0 Å². The number of rotatable bonds is 10. The molecule has 2 aromatic heterocycles. The Bertz CT molecular complexity index is 1300. The highest BCUT2D eigenvalue weighted by Gasteiger charge is 2.48. The average molecular weight is 601 g/mol. The van der Waals surface area contributed by atoms with Gasteiger partial charge in [-0.3, -0.25) is 18.4 Å². The van der Waals surface area contributed by atoms with Crippen LogP contribution in [0, 0.1) is 0 Å². The zero-order valence-electron chi connectivity index (χ0n) is 19.8. The molecule has 2 aliphatic heterocycles. The summed E-state index contributed by atoms with van der Waals surface area (Å²) in [6.45, 7) is -0.818. The predicted octanol–water partition coefficient (Wildman–Crippen LogP) is -2.71. The van der Waals surface area contributed by atoms with Gasteiger partial charge in [0, 0.05) is 6.92 Å². The third-order valence-electron chi connectivity index (χ3n) is 5.62. The van der Waals surface area contributed by atoms with Gasteiger partial charge in [0.05, 0.1) is 19.5 Å². The number of nitrogens with two attached hydrogens (primary N) is 1. The molecule has 2 aromatic rings. The number of phosphoric ester groups is 2. The third kappa shape index (κ3) is 6.60. The van der Waals surface area contributed by atoms with Crippen molar-refractivity contribution in [1.29, 1.82) is 0 Å². The minimum atomic E-state index is -5.35. The first-order valence-corrected chi connectivity index (χ1v) is 14.0. The number of hydrogen-bond donors (Lipinski definition) is 7. The number of esters is 1. The smallest absolute Gasteiger partial charge is 0.454 e. The predicted molar refractivity (Wildman–Crippen MR) is 121 cm³/mol. The number of hydrogen-bond acceptors (Lipinski definition) is 17. The minimum absolute atomic E-state index is 0.0510. The number of nitrogen functional groups attached to an aromatic ring is 1. The fourth-order valence-electron chi connectivity index (χ4n) is 3.84. The van der Waals surface area contributed by atoms with Crippen molar-refractivity contribution in [1.82, 2.24) is 19.5 Å². The maximum absolute atomic E-state index is 12.3. The van der Waals surface area contributed by atoms with Crippen LogP contribution in [0.3, 0.4) is 0 Å². The van der Waals surface area contributed by atoms with E-state index in [4.69, 9.17) is 15.2 Å². The van der Waals surface area contributed by atoms with Gasteiger partial charge in [0.1, 0.15) is 42.4 Å². The van der Waals surface area contributed by atoms with Crippen LogP contribution in [0.2, 0.25) is 0 Å². The van der Waals surface area contributed by atoms with Crippen LogP contribution < -0.4 is 5.73 Å². The van der Waals surface area contributed by atoms with Crippen LogP contribution in [0.4, 0.5) is 5.82 Å². The molecule has 22 heteroatoms. The lowest BCUT2D eigenvalue weighted by atomic mass is 10.1. The molecular formula is C17H25N5O15P2. The van der Waals surface area contributed by atoms with Gasteiger partial charge in [0.2, 0.25) is 0 Å². The Hall–Kier alpha value is -2.16. The van der Waals surface area contributed by atoms with Crippen molar-refractivity contribution in [3.8, 4) is 0 Å². The van der Waals surface area contributed by atoms with E-state index in [0.717, 1.165) is 13.3 Å². The fourth-order valence-corrected chi connectivity index (χ4v) is 5.93. The molecule has 39 heavy (non-hydrogen) atoms. The lowest BCUT2D eigenvalue weighted by molar-refractivity contribution is -0.170. The summed E-state index contributed by atoms with van der Waals surface area (Å²) in [6.07, 6.45) is -10.0. The van der Waals surface area contributed by atoms with Gasteiger partial charge in [-0.25, -0.2) is 24.1 Å². The highest BCUT2D eigenvalue weighted by molar-refractivity contribution is 7.61. The number of carbonyl (C=O) groups excluding carboxylic acids is 1. The van der Waals surface area contributed by atoms with Crippen LogP contribution in [0.1, 0.15) is 13.2 Å². The SMILES string of the molecule is CC(=O)OC1[C@H](O)O[C@H](COP(=O)(O)OP(=O)(O)OC[C@H]2O[C@@H](n3cnc4c(N)ncnc43)C(O)C2O)[C@@H]1O. The second-order valence-electron chi connectivity index (χ2n) is 8.37. The zero-order valence-corrected chi connectivity index (χ0v) is 21.6. The summed E-state index contributed by atoms with van der Waals surface area (Å²) in [5.74, 6) is -0.792. The van der Waals surface area contributed by atoms with E-state index in [-0.39, 0.29) is 17.0 Å². The number of carbonyl (C=O) groups is 1. The maximum Gasteiger partial charge on any atom is 0.481 e. The van der Waals surface area contributed by atoms with Crippen molar-refractivity contribution in [2.24, 2.45) is 0 Å². The van der Waals surface area contributed by atoms with Crippen molar-refractivity contribution < 1.29 is 71.7 Å². The number of ether oxygens (including phenoxy) is 3. The summed E-state index contributed by atoms with van der Waals surface area (Å²) < 4.78 is 54.1. The average Bonchev–Trinajstić information content (AvgIpc) is 3.47. The van der Waals surface area contributed by atoms with Crippen molar-refractivity contribution in [2.75, 3.05) is 18.9 Å². The van der Waals surface area contributed by atoms with E-state index in [1.165, 1.54) is 10.9 Å². The second-order valence-corrected chi connectivity index (χ2v) is 11.4. The monoisotopic (exact) mass is 601 g/mol. The Morgan fingerprint density at radius 1 is 1.00 bits per heavy atom. The number of phosphoric acid groups is 2. The Kier molecular flexibility index (Phi) is 8.70. The Morgan fingerprint density at radius 2 is 1.62 bits per heavy atom. The van der Waals surface area contributed by atoms with Crippen LogP contribution in [0.25, 0.3) is 11.2 Å². The van der Waals surface area contributed by atoms with Gasteiger partial charge >= 0.3 is 21.6 Å². The molecule has 20 nitrogen and oxygen atoms in total. The maximum atomic E-state index is 12.3. The molecule has 10 atom stereocenters. The van der Waals surface area contributed by atoms with E-state index >= 15 is 0 Å². The molecule has 2 saturated heterocycles. The lowest BCUT2D eigenvalue weighted by Crippen LogP contribution is -2.37. The van der Waals surface area contributed by atoms with Crippen LogP contribution in [0.15, 0.2) is 12.7 Å². The highest BCUT2D eigenvalue weighted by Crippen LogP contribution is 2.60. The summed E-state index contributed by atoms with van der Waals surface area (Å²) in [4.78, 5) is 42.5. The molecule has 4 heterocycles. The largest absolute Gasteiger partial charge is 0.481 e. The Morgan fingerprint density at radius 3 is 2.23 bits per heavy atom. The minimum Gasteiger partial charge on any atom is -0.454 e. The number of aliphatic hydroxyl groups is 4. The van der Waals surface area contributed by atoms with Crippen LogP contribution in [0.5, 0.6) is 0 Å². The van der Waals surface area contributed by atoms with Gasteiger partial charge < -0.3 is 50.2 Å². The topological polar surface area (TPSA) is 298 Å². The van der Waals surface area contributed by atoms with Crippen molar-refractivity contribution in [3.63, 3.8) is 0 Å². The standard InChI is InChI=1S/C17H25N5O15P2/c1-6(23)34-13-11(25)8(36-17(13)27)3-33-39(30,31)37-38(28,29)32-2-7-10(24)12(26)16(35-7)22-5-21-9-14(18)19-4-20-15(9)22/h4-5,7-8,10-13,16-17,24-27H,2-3H2,1H3,(H,28,29)(H,30,31)(H2,18,19,20)/t7-,8-,10?,11+,12?,13?,16-,17-/m1/s1. The van der Waals surface area contributed by atoms with Gasteiger partial charge in [0.15, 0.2) is 30.1 Å². The summed E-state index contributed by atoms with van der Waals surface area (Å²) >= 11 is 0. The number of fused-ring (bicyclic) bond motifs is 1. The molecule has 0 bridgehead atoms. The quantitative estimate of drug-likeness (QED) is 0.107. The van der Waals surface area contributed by atoms with Crippen LogP contribution >= 0.6 is 15.6 Å². The van der Waals surface area contributed by atoms with Crippen LogP contribution in [-0.2, 0) is 41.5 Å². The summed E-state index contributed by atoms with van der Waals surface area (Å²) in [6, 6.07) is 0. The molecule has 4 rings (SSSR count). The normalized spacial score (nSPS) is 34.1. The van der Waals surface area contributed by atoms with Gasteiger partial charge in [-0.05, 0) is 0 Å². The molecule has 0 aliphatic carbocycles. The number of nitrogens with zero attached hydrogens (tertiary/aromatic N) is 4. The lowest BCUT2D eigenvalue weighted by Gasteiger charge is -2.20. The first-order chi connectivity index (χ1) is 18.2. The summed E-state index contributed by atoms with van der Waals surface area (Å²) in [7, 11) is -10.7. The summed E-state index contributed by atoms with van der Waals surface area (Å²) in [5, 5.41) is 40.5. The molecule has 2 aliphatic rings. The van der Waals surface area contributed by atoms with Crippen LogP contribution in [-0.4, -0.2) is 112 Å². The molecular weight excluding hydrogens is 576 g/mol. The number of imidazole rings is 1. The van der Waals surface area contributed by atoms with E-state index in [9.17, 15) is 44.1 Å². The van der Waals surface area contributed by atoms with Crippen molar-refractivity contribution >= 4 is 38.6 Å². The molecule has 0 aromatic carbocycles. The van der Waals surface area contributed by atoms with E-state index in [1.807, 2.05) is 0 Å². The van der Waals surface area contributed by atoms with Gasteiger partial charge in [-0.2, -0.15) is 4.31 Å². The molecule has 0 amide bonds. The number of aliphatic hydroxyl groups excluding tert-OH is 4. The van der Waals surface area contributed by atoms with Gasteiger partial charge in [-0.1, -0.05) is 0 Å². The van der Waals surface area contributed by atoms with Crippen molar-refractivity contribution in [2.45, 2.75) is 56.1 Å². The number of aromatic nitrogens is 4. The molecule has 0 spiro atoms. The molecule has 0 radical (unpaired) electrons. The molecule has 2 fully saturated rings. The molecule has 0 saturated carbocycles. The molecule has 8 N–H and O–H groups in total. The Labute approximate surface area is 218 Å². The molecule has 5 unspecified atom stereocenters. The highest BCUT2D eigenvalue weighted by atomic mass is 31.3. The molecule has 218 valence electrons. The summed E-state index contributed by atoms with van der Waals surface area (Å²) in [5.41, 5.74) is 6.08. The number of anilines is 1. The van der Waals surface area contributed by atoms with E-state index in [0.29, 0.717) is 0 Å². The van der Waals surface area contributed by atoms with E-state index in [2.05, 4.69) is 33.0 Å². The van der Waals surface area contributed by atoms with Crippen molar-refractivity contribution in [3.05, 3.63) is 12.7 Å². The zero-order chi connectivity index (χ0) is 28.7. The first kappa shape index (κ1) is 29.8.